The summed E-state index contributed by atoms with van der Waals surface area (Å²) in [4.78, 5) is 0. The fourth-order valence-electron chi connectivity index (χ4n) is 3.32. The Kier molecular flexibility index (Phi) is 3.21. The number of fused-ring (bicyclic) bond motifs is 2. The Hall–Kier alpha value is -0.800. The van der Waals surface area contributed by atoms with Crippen molar-refractivity contribution in [1.29, 1.82) is 0 Å². The monoisotopic (exact) mass is 234 g/mol. The highest BCUT2D eigenvalue weighted by Crippen LogP contribution is 2.32. The fourth-order valence-corrected chi connectivity index (χ4v) is 3.32. The van der Waals surface area contributed by atoms with Crippen molar-refractivity contribution in [2.45, 2.75) is 50.7 Å². The summed E-state index contributed by atoms with van der Waals surface area (Å²) in [7, 11) is 0. The van der Waals surface area contributed by atoms with Crippen LogP contribution in [0.5, 0.6) is 0 Å². The molecule has 0 aliphatic carbocycles. The molecule has 2 aliphatic heterocycles. The lowest BCUT2D eigenvalue weighted by atomic mass is 9.89. The Labute approximate surface area is 103 Å². The highest BCUT2D eigenvalue weighted by molar-refractivity contribution is 5.01. The first-order valence-electron chi connectivity index (χ1n) is 6.83. The summed E-state index contributed by atoms with van der Waals surface area (Å²) in [6, 6.07) is 6.11. The maximum atomic E-state index is 5.37. The molecule has 0 saturated carbocycles. The third-order valence-corrected chi connectivity index (χ3v) is 4.25. The third kappa shape index (κ3) is 2.55. The minimum atomic E-state index is 0.500. The highest BCUT2D eigenvalue weighted by Gasteiger charge is 2.38. The Balaban J connectivity index is 1.42. The molecule has 1 aromatic heterocycles. The van der Waals surface area contributed by atoms with Crippen LogP contribution in [0.3, 0.4) is 0 Å². The lowest BCUT2D eigenvalue weighted by Gasteiger charge is -2.22. The van der Waals surface area contributed by atoms with Gasteiger partial charge in [-0.05, 0) is 50.8 Å². The molecular formula is C14H22N2O. The van der Waals surface area contributed by atoms with Crippen molar-refractivity contribution in [3.63, 3.8) is 0 Å². The first-order valence-corrected chi connectivity index (χ1v) is 6.83. The van der Waals surface area contributed by atoms with Crippen molar-refractivity contribution in [3.05, 3.63) is 24.2 Å². The Morgan fingerprint density at radius 3 is 3.12 bits per heavy atom. The molecule has 4 atom stereocenters. The van der Waals surface area contributed by atoms with E-state index in [0.717, 1.165) is 36.7 Å². The molecular weight excluding hydrogens is 212 g/mol. The van der Waals surface area contributed by atoms with Crippen molar-refractivity contribution in [2.75, 3.05) is 6.54 Å². The van der Waals surface area contributed by atoms with Crippen LogP contribution in [0.1, 0.15) is 31.9 Å². The van der Waals surface area contributed by atoms with E-state index in [2.05, 4.69) is 23.6 Å². The van der Waals surface area contributed by atoms with E-state index < -0.39 is 0 Å². The van der Waals surface area contributed by atoms with E-state index in [1.807, 2.05) is 6.07 Å². The van der Waals surface area contributed by atoms with Gasteiger partial charge in [0.05, 0.1) is 6.26 Å². The summed E-state index contributed by atoms with van der Waals surface area (Å²) in [5, 5.41) is 7.34. The predicted octanol–water partition coefficient (Wildman–Crippen LogP) is 1.94. The van der Waals surface area contributed by atoms with E-state index in [1.165, 1.54) is 19.3 Å². The Bertz CT molecular complexity index is 349. The van der Waals surface area contributed by atoms with E-state index in [0.29, 0.717) is 6.04 Å². The minimum Gasteiger partial charge on any atom is -0.469 e. The summed E-state index contributed by atoms with van der Waals surface area (Å²) in [6.45, 7) is 3.39. The zero-order valence-electron chi connectivity index (χ0n) is 10.5. The summed E-state index contributed by atoms with van der Waals surface area (Å²) in [6.07, 6.45) is 6.88. The number of hydrogen-bond donors (Lipinski definition) is 2. The summed E-state index contributed by atoms with van der Waals surface area (Å²) >= 11 is 0. The van der Waals surface area contributed by atoms with Crippen LogP contribution in [0.2, 0.25) is 0 Å². The van der Waals surface area contributed by atoms with Gasteiger partial charge in [-0.1, -0.05) is 0 Å². The molecule has 4 unspecified atom stereocenters. The van der Waals surface area contributed by atoms with Gasteiger partial charge in [-0.25, -0.2) is 0 Å². The van der Waals surface area contributed by atoms with Crippen LogP contribution in [-0.2, 0) is 6.42 Å². The average molecular weight is 234 g/mol. The van der Waals surface area contributed by atoms with Crippen molar-refractivity contribution in [1.82, 2.24) is 10.6 Å². The fraction of sp³-hybridized carbons (Fsp3) is 0.714. The summed E-state index contributed by atoms with van der Waals surface area (Å²) < 4.78 is 5.37. The second-order valence-electron chi connectivity index (χ2n) is 5.64. The van der Waals surface area contributed by atoms with E-state index in [4.69, 9.17) is 4.42 Å². The largest absolute Gasteiger partial charge is 0.469 e. The molecule has 3 heterocycles. The van der Waals surface area contributed by atoms with Crippen LogP contribution >= 0.6 is 0 Å². The molecule has 2 bridgehead atoms. The molecule has 3 heteroatoms. The smallest absolute Gasteiger partial charge is 0.105 e. The molecule has 94 valence electrons. The van der Waals surface area contributed by atoms with Gasteiger partial charge in [0.2, 0.25) is 0 Å². The molecule has 17 heavy (non-hydrogen) atoms. The van der Waals surface area contributed by atoms with Gasteiger partial charge in [-0.2, -0.15) is 0 Å². The van der Waals surface area contributed by atoms with Gasteiger partial charge in [0.25, 0.3) is 0 Å². The van der Waals surface area contributed by atoms with Gasteiger partial charge in [0, 0.05) is 24.5 Å². The molecule has 2 saturated heterocycles. The van der Waals surface area contributed by atoms with E-state index in [-0.39, 0.29) is 0 Å². The molecule has 2 aliphatic rings. The van der Waals surface area contributed by atoms with Gasteiger partial charge in [0.1, 0.15) is 5.76 Å². The normalized spacial score (nSPS) is 33.1. The van der Waals surface area contributed by atoms with Crippen molar-refractivity contribution < 1.29 is 4.42 Å². The standard InChI is InChI=1S/C14H22N2O/c1-10(7-13-3-2-6-17-13)15-9-11-8-12-4-5-14(11)16-12/h2-3,6,10-12,14-16H,4-5,7-9H2,1H3. The maximum Gasteiger partial charge on any atom is 0.105 e. The summed E-state index contributed by atoms with van der Waals surface area (Å²) in [5.41, 5.74) is 0. The van der Waals surface area contributed by atoms with Gasteiger partial charge in [-0.15, -0.1) is 0 Å². The van der Waals surface area contributed by atoms with Crippen LogP contribution in [0.25, 0.3) is 0 Å². The van der Waals surface area contributed by atoms with E-state index >= 15 is 0 Å². The Morgan fingerprint density at radius 2 is 2.47 bits per heavy atom. The zero-order chi connectivity index (χ0) is 11.7. The quantitative estimate of drug-likeness (QED) is 0.817. The van der Waals surface area contributed by atoms with Gasteiger partial charge < -0.3 is 15.1 Å². The lowest BCUT2D eigenvalue weighted by Crippen LogP contribution is -2.37. The number of furan rings is 1. The highest BCUT2D eigenvalue weighted by atomic mass is 16.3. The molecule has 0 amide bonds. The van der Waals surface area contributed by atoms with E-state index in [9.17, 15) is 0 Å². The molecule has 1 aromatic rings. The molecule has 0 spiro atoms. The van der Waals surface area contributed by atoms with Crippen molar-refractivity contribution >= 4 is 0 Å². The molecule has 0 aromatic carbocycles. The maximum absolute atomic E-state index is 5.37. The van der Waals surface area contributed by atoms with Crippen molar-refractivity contribution in [2.24, 2.45) is 5.92 Å². The average Bonchev–Trinajstić information content (AvgIpc) is 3.02. The topological polar surface area (TPSA) is 37.2 Å². The first-order chi connectivity index (χ1) is 8.31. The molecule has 3 nitrogen and oxygen atoms in total. The van der Waals surface area contributed by atoms with Crippen LogP contribution < -0.4 is 10.6 Å². The van der Waals surface area contributed by atoms with E-state index in [1.54, 1.807) is 6.26 Å². The molecule has 2 fully saturated rings. The molecule has 2 N–H and O–H groups in total. The second-order valence-corrected chi connectivity index (χ2v) is 5.64. The number of rotatable bonds is 5. The van der Waals surface area contributed by atoms with Gasteiger partial charge in [0.15, 0.2) is 0 Å². The van der Waals surface area contributed by atoms with Crippen LogP contribution in [0, 0.1) is 5.92 Å². The van der Waals surface area contributed by atoms with Crippen LogP contribution in [-0.4, -0.2) is 24.7 Å². The molecule has 0 radical (unpaired) electrons. The van der Waals surface area contributed by atoms with Crippen LogP contribution in [0.4, 0.5) is 0 Å². The summed E-state index contributed by atoms with van der Waals surface area (Å²) in [5.74, 6) is 1.92. The third-order valence-electron chi connectivity index (χ3n) is 4.25. The lowest BCUT2D eigenvalue weighted by molar-refractivity contribution is 0.358. The predicted molar refractivity (Wildman–Crippen MR) is 67.9 cm³/mol. The zero-order valence-corrected chi connectivity index (χ0v) is 10.5. The van der Waals surface area contributed by atoms with Gasteiger partial charge in [-0.3, -0.25) is 0 Å². The molecule has 3 rings (SSSR count). The van der Waals surface area contributed by atoms with Crippen LogP contribution in [0.15, 0.2) is 22.8 Å². The number of hydrogen-bond acceptors (Lipinski definition) is 3. The minimum absolute atomic E-state index is 0.500. The van der Waals surface area contributed by atoms with Crippen molar-refractivity contribution in [3.8, 4) is 0 Å². The Morgan fingerprint density at radius 1 is 1.53 bits per heavy atom. The SMILES string of the molecule is CC(Cc1ccco1)NCC1CC2CCC1N2. The van der Waals surface area contributed by atoms with Gasteiger partial charge >= 0.3 is 0 Å². The second kappa shape index (κ2) is 4.83. The first kappa shape index (κ1) is 11.3. The number of nitrogens with one attached hydrogen (secondary N) is 2.